The van der Waals surface area contributed by atoms with E-state index in [4.69, 9.17) is 16.7 Å². The molecule has 5 N–H and O–H groups in total. The molecule has 0 fully saturated rings. The van der Waals surface area contributed by atoms with Crippen LogP contribution in [0.4, 0.5) is 11.6 Å². The molecule has 0 spiro atoms. The lowest BCUT2D eigenvalue weighted by Crippen LogP contribution is -1.88. The first-order chi connectivity index (χ1) is 6.22. The summed E-state index contributed by atoms with van der Waals surface area (Å²) in [6.45, 7) is 0. The summed E-state index contributed by atoms with van der Waals surface area (Å²) in [4.78, 5) is 6.76. The zero-order chi connectivity index (χ0) is 9.42. The number of aromatic nitrogens is 2. The van der Waals surface area contributed by atoms with Crippen LogP contribution in [0.25, 0.3) is 11.0 Å². The Kier molecular flexibility index (Phi) is 1.36. The lowest BCUT2D eigenvalue weighted by atomic mass is 10.2. The third-order valence-electron chi connectivity index (χ3n) is 1.82. The summed E-state index contributed by atoms with van der Waals surface area (Å²) in [6.07, 6.45) is 0. The van der Waals surface area contributed by atoms with Gasteiger partial charge in [0.1, 0.15) is 11.6 Å². The second kappa shape index (κ2) is 2.38. The van der Waals surface area contributed by atoms with E-state index in [1.807, 2.05) is 6.07 Å². The number of fused-ring (bicyclic) bond motifs is 1. The highest BCUT2D eigenvalue weighted by atomic mass is 15.0. The molecule has 0 amide bonds. The highest BCUT2D eigenvalue weighted by Gasteiger charge is 2.07. The average Bonchev–Trinajstić information content (AvgIpc) is 2.48. The molecule has 5 heteroatoms. The predicted molar refractivity (Wildman–Crippen MR) is 49.6 cm³/mol. The molecule has 1 heterocycles. The first-order valence-electron chi connectivity index (χ1n) is 3.66. The molecule has 0 saturated carbocycles. The smallest absolute Gasteiger partial charge is 0.198 e. The van der Waals surface area contributed by atoms with Crippen molar-refractivity contribution in [3.63, 3.8) is 0 Å². The van der Waals surface area contributed by atoms with Crippen molar-refractivity contribution in [1.82, 2.24) is 9.97 Å². The fourth-order valence-corrected chi connectivity index (χ4v) is 1.22. The van der Waals surface area contributed by atoms with Crippen LogP contribution in [0.15, 0.2) is 12.1 Å². The second-order valence-corrected chi connectivity index (χ2v) is 2.66. The lowest BCUT2D eigenvalue weighted by molar-refractivity contribution is 1.35. The molecule has 1 aromatic heterocycles. The Hall–Kier alpha value is -2.22. The van der Waals surface area contributed by atoms with Crippen molar-refractivity contribution in [3.05, 3.63) is 17.7 Å². The highest BCUT2D eigenvalue weighted by Crippen LogP contribution is 2.22. The van der Waals surface area contributed by atoms with Gasteiger partial charge in [-0.3, -0.25) is 0 Å². The van der Waals surface area contributed by atoms with E-state index in [-0.39, 0.29) is 5.95 Å². The second-order valence-electron chi connectivity index (χ2n) is 2.66. The van der Waals surface area contributed by atoms with Gasteiger partial charge >= 0.3 is 0 Å². The number of hydrogen-bond donors (Lipinski definition) is 3. The Balaban J connectivity index is 2.94. The number of rotatable bonds is 0. The van der Waals surface area contributed by atoms with Crippen LogP contribution >= 0.6 is 0 Å². The van der Waals surface area contributed by atoms with Crippen molar-refractivity contribution in [2.75, 3.05) is 11.5 Å². The molecule has 0 radical (unpaired) electrons. The van der Waals surface area contributed by atoms with Gasteiger partial charge in [0.15, 0.2) is 5.95 Å². The molecule has 0 bridgehead atoms. The van der Waals surface area contributed by atoms with E-state index >= 15 is 0 Å². The molecule has 0 saturated heterocycles. The van der Waals surface area contributed by atoms with Gasteiger partial charge in [0.05, 0.1) is 16.8 Å². The van der Waals surface area contributed by atoms with Crippen molar-refractivity contribution in [2.45, 2.75) is 0 Å². The number of nitrogen functional groups attached to an aromatic ring is 2. The van der Waals surface area contributed by atoms with E-state index in [9.17, 15) is 0 Å². The molecule has 0 atom stereocenters. The van der Waals surface area contributed by atoms with Crippen molar-refractivity contribution >= 4 is 22.7 Å². The fourth-order valence-electron chi connectivity index (χ4n) is 1.22. The molecule has 0 aliphatic carbocycles. The number of aromatic amines is 1. The van der Waals surface area contributed by atoms with Gasteiger partial charge in [0.2, 0.25) is 0 Å². The van der Waals surface area contributed by atoms with E-state index in [0.717, 1.165) is 0 Å². The van der Waals surface area contributed by atoms with Crippen LogP contribution in [0, 0.1) is 11.3 Å². The minimum absolute atomic E-state index is 0.268. The quantitative estimate of drug-likeness (QED) is 0.507. The molecule has 2 rings (SSSR count). The van der Waals surface area contributed by atoms with E-state index in [2.05, 4.69) is 9.97 Å². The minimum Gasteiger partial charge on any atom is -0.397 e. The maximum atomic E-state index is 8.75. The summed E-state index contributed by atoms with van der Waals surface area (Å²) in [5, 5.41) is 8.75. The van der Waals surface area contributed by atoms with Crippen LogP contribution in [-0.4, -0.2) is 9.97 Å². The van der Waals surface area contributed by atoms with Gasteiger partial charge in [-0.2, -0.15) is 5.26 Å². The van der Waals surface area contributed by atoms with Gasteiger partial charge in [-0.05, 0) is 12.1 Å². The van der Waals surface area contributed by atoms with Crippen LogP contribution in [0.3, 0.4) is 0 Å². The van der Waals surface area contributed by atoms with Crippen LogP contribution < -0.4 is 11.5 Å². The Bertz CT molecular complexity index is 505. The van der Waals surface area contributed by atoms with Crippen molar-refractivity contribution in [1.29, 1.82) is 5.26 Å². The molecule has 0 aliphatic heterocycles. The third-order valence-corrected chi connectivity index (χ3v) is 1.82. The van der Waals surface area contributed by atoms with Gasteiger partial charge in [-0.1, -0.05) is 0 Å². The number of nitrogens with zero attached hydrogens (tertiary/aromatic N) is 2. The van der Waals surface area contributed by atoms with Gasteiger partial charge < -0.3 is 16.5 Å². The number of nitrogens with two attached hydrogens (primary N) is 2. The number of imidazole rings is 1. The summed E-state index contributed by atoms with van der Waals surface area (Å²) < 4.78 is 0. The Morgan fingerprint density at radius 3 is 2.85 bits per heavy atom. The molecule has 13 heavy (non-hydrogen) atoms. The average molecular weight is 173 g/mol. The summed E-state index contributed by atoms with van der Waals surface area (Å²) in [5.74, 6) is 0.268. The largest absolute Gasteiger partial charge is 0.397 e. The van der Waals surface area contributed by atoms with E-state index in [0.29, 0.717) is 22.3 Å². The number of benzene rings is 1. The summed E-state index contributed by atoms with van der Waals surface area (Å²) in [5.41, 5.74) is 13.3. The van der Waals surface area contributed by atoms with Gasteiger partial charge in [0.25, 0.3) is 0 Å². The number of nitriles is 1. The maximum absolute atomic E-state index is 8.75. The Labute approximate surface area is 74.0 Å². The van der Waals surface area contributed by atoms with Crippen LogP contribution in [0.2, 0.25) is 0 Å². The summed E-state index contributed by atoms with van der Waals surface area (Å²) in [6, 6.07) is 5.29. The molecule has 5 nitrogen and oxygen atoms in total. The zero-order valence-electron chi connectivity index (χ0n) is 6.70. The highest BCUT2D eigenvalue weighted by molar-refractivity contribution is 5.92. The standard InChI is InChI=1S/C8H7N5/c9-3-4-1-2-5(10)7-6(4)12-8(11)13-7/h1-2H,10H2,(H3,11,12,13). The first kappa shape index (κ1) is 7.43. The van der Waals surface area contributed by atoms with Crippen LogP contribution in [0.1, 0.15) is 5.56 Å². The van der Waals surface area contributed by atoms with Crippen molar-refractivity contribution in [3.8, 4) is 6.07 Å². The van der Waals surface area contributed by atoms with E-state index < -0.39 is 0 Å². The normalized spacial score (nSPS) is 10.1. The number of anilines is 2. The SMILES string of the molecule is N#Cc1ccc(N)c2[nH]c(N)nc12. The van der Waals surface area contributed by atoms with Crippen LogP contribution in [-0.2, 0) is 0 Å². The number of H-pyrrole nitrogens is 1. The van der Waals surface area contributed by atoms with E-state index in [1.54, 1.807) is 12.1 Å². The molecule has 2 aromatic rings. The maximum Gasteiger partial charge on any atom is 0.198 e. The van der Waals surface area contributed by atoms with Crippen LogP contribution in [0.5, 0.6) is 0 Å². The molecular weight excluding hydrogens is 166 g/mol. The van der Waals surface area contributed by atoms with Crippen molar-refractivity contribution < 1.29 is 0 Å². The zero-order valence-corrected chi connectivity index (χ0v) is 6.70. The molecule has 0 unspecified atom stereocenters. The predicted octanol–water partition coefficient (Wildman–Crippen LogP) is 0.599. The summed E-state index contributed by atoms with van der Waals surface area (Å²) in [7, 11) is 0. The van der Waals surface area contributed by atoms with Gasteiger partial charge in [0, 0.05) is 0 Å². The minimum atomic E-state index is 0.268. The third kappa shape index (κ3) is 0.964. The monoisotopic (exact) mass is 173 g/mol. The van der Waals surface area contributed by atoms with Gasteiger partial charge in [-0.15, -0.1) is 0 Å². The summed E-state index contributed by atoms with van der Waals surface area (Å²) >= 11 is 0. The topological polar surface area (TPSA) is 105 Å². The van der Waals surface area contributed by atoms with Gasteiger partial charge in [-0.25, -0.2) is 4.98 Å². The molecule has 64 valence electrons. The van der Waals surface area contributed by atoms with E-state index in [1.165, 1.54) is 0 Å². The fraction of sp³-hybridized carbons (Fsp3) is 0. The Morgan fingerprint density at radius 1 is 1.38 bits per heavy atom. The van der Waals surface area contributed by atoms with Crippen molar-refractivity contribution in [2.24, 2.45) is 0 Å². The first-order valence-corrected chi connectivity index (χ1v) is 3.66. The molecule has 1 aromatic carbocycles. The Morgan fingerprint density at radius 2 is 2.15 bits per heavy atom. The molecule has 0 aliphatic rings. The number of nitrogens with one attached hydrogen (secondary N) is 1. The number of hydrogen-bond acceptors (Lipinski definition) is 4. The molecular formula is C8H7N5. The lowest BCUT2D eigenvalue weighted by Gasteiger charge is -1.94.